The highest BCUT2D eigenvalue weighted by Gasteiger charge is 2.36. The monoisotopic (exact) mass is 423 g/mol. The number of allylic oxidation sites excluding steroid dienone is 1. The molecule has 0 aromatic heterocycles. The molecule has 0 spiro atoms. The molecule has 30 heavy (non-hydrogen) atoms. The Kier molecular flexibility index (Phi) is 6.74. The van der Waals surface area contributed by atoms with Crippen LogP contribution in [0.25, 0.3) is 6.08 Å². The topological polar surface area (TPSA) is 72.9 Å². The van der Waals surface area contributed by atoms with Crippen LogP contribution in [0.5, 0.6) is 11.5 Å². The van der Waals surface area contributed by atoms with Gasteiger partial charge in [0.05, 0.1) is 25.7 Å². The molecule has 1 saturated heterocycles. The summed E-state index contributed by atoms with van der Waals surface area (Å²) in [6.45, 7) is 3.46. The molecule has 0 saturated carbocycles. The molecule has 154 valence electrons. The third-order valence-electron chi connectivity index (χ3n) is 4.51. The molecule has 2 aromatic carbocycles. The lowest BCUT2D eigenvalue weighted by Crippen LogP contribution is -2.33. The molecule has 7 heteroatoms. The average Bonchev–Trinajstić information content (AvgIpc) is 3.01. The number of thioether (sulfide) groups is 1. The van der Waals surface area contributed by atoms with Crippen molar-refractivity contribution in [1.82, 2.24) is 4.90 Å². The molecule has 0 bridgehead atoms. The highest BCUT2D eigenvalue weighted by molar-refractivity contribution is 8.18. The van der Waals surface area contributed by atoms with E-state index in [0.717, 1.165) is 22.2 Å². The number of hydrogen-bond acceptors (Lipinski definition) is 6. The van der Waals surface area contributed by atoms with Crippen molar-refractivity contribution in [3.63, 3.8) is 0 Å². The highest BCUT2D eigenvalue weighted by Crippen LogP contribution is 2.37. The summed E-state index contributed by atoms with van der Waals surface area (Å²) >= 11 is 0.811. The first kappa shape index (κ1) is 21.4. The van der Waals surface area contributed by atoms with Gasteiger partial charge in [-0.05, 0) is 42.0 Å². The van der Waals surface area contributed by atoms with Crippen molar-refractivity contribution < 1.29 is 23.9 Å². The predicted molar refractivity (Wildman–Crippen MR) is 117 cm³/mol. The third kappa shape index (κ3) is 4.46. The number of nitrogens with zero attached hydrogens (tertiary/aromatic N) is 1. The number of hydrogen-bond donors (Lipinski definition) is 0. The molecular formula is C23H21NO5S. The summed E-state index contributed by atoms with van der Waals surface area (Å²) in [5.41, 5.74) is 1.98. The SMILES string of the molecule is C=CCc1cc(/C=C2\SC(=O)N(CC(=O)c3ccccc3)C2=O)cc(OC)c1OC. The van der Waals surface area contributed by atoms with Gasteiger partial charge >= 0.3 is 0 Å². The Bertz CT molecular complexity index is 1030. The van der Waals surface area contributed by atoms with Crippen LogP contribution in [0.2, 0.25) is 0 Å². The number of rotatable bonds is 8. The van der Waals surface area contributed by atoms with Gasteiger partial charge in [0.15, 0.2) is 17.3 Å². The summed E-state index contributed by atoms with van der Waals surface area (Å²) in [4.78, 5) is 38.8. The minimum atomic E-state index is -0.491. The molecule has 1 fully saturated rings. The van der Waals surface area contributed by atoms with E-state index in [-0.39, 0.29) is 17.2 Å². The number of methoxy groups -OCH3 is 2. The largest absolute Gasteiger partial charge is 0.493 e. The molecule has 2 aromatic rings. The fourth-order valence-electron chi connectivity index (χ4n) is 3.10. The molecule has 1 aliphatic rings. The van der Waals surface area contributed by atoms with Crippen LogP contribution in [0.15, 0.2) is 60.0 Å². The van der Waals surface area contributed by atoms with E-state index in [1.165, 1.54) is 7.11 Å². The lowest BCUT2D eigenvalue weighted by molar-refractivity contribution is -0.122. The van der Waals surface area contributed by atoms with Crippen molar-refractivity contribution >= 4 is 34.8 Å². The summed E-state index contributed by atoms with van der Waals surface area (Å²) in [7, 11) is 3.08. The third-order valence-corrected chi connectivity index (χ3v) is 5.42. The van der Waals surface area contributed by atoms with E-state index in [9.17, 15) is 14.4 Å². The van der Waals surface area contributed by atoms with E-state index in [1.807, 2.05) is 6.07 Å². The van der Waals surface area contributed by atoms with E-state index >= 15 is 0 Å². The Hall–Kier alpha value is -3.32. The quantitative estimate of drug-likeness (QED) is 0.357. The van der Waals surface area contributed by atoms with Crippen LogP contribution < -0.4 is 9.47 Å². The van der Waals surface area contributed by atoms with E-state index in [2.05, 4.69) is 6.58 Å². The van der Waals surface area contributed by atoms with Gasteiger partial charge in [-0.3, -0.25) is 19.3 Å². The molecule has 6 nitrogen and oxygen atoms in total. The van der Waals surface area contributed by atoms with Crippen molar-refractivity contribution in [2.75, 3.05) is 20.8 Å². The van der Waals surface area contributed by atoms with Gasteiger partial charge in [-0.2, -0.15) is 0 Å². The van der Waals surface area contributed by atoms with Crippen LogP contribution in [-0.2, 0) is 11.2 Å². The van der Waals surface area contributed by atoms with Crippen LogP contribution in [0, 0.1) is 0 Å². The first-order valence-electron chi connectivity index (χ1n) is 9.18. The maximum absolute atomic E-state index is 12.8. The van der Waals surface area contributed by atoms with Gasteiger partial charge in [-0.1, -0.05) is 36.4 Å². The highest BCUT2D eigenvalue weighted by atomic mass is 32.2. The van der Waals surface area contributed by atoms with Crippen LogP contribution in [0.1, 0.15) is 21.5 Å². The molecule has 0 unspecified atom stereocenters. The van der Waals surface area contributed by atoms with E-state index in [1.54, 1.807) is 55.7 Å². The Morgan fingerprint density at radius 2 is 1.87 bits per heavy atom. The zero-order valence-corrected chi connectivity index (χ0v) is 17.5. The van der Waals surface area contributed by atoms with Crippen molar-refractivity contribution in [3.05, 3.63) is 76.7 Å². The standard InChI is InChI=1S/C23H21NO5S/c1-4-8-17-11-15(12-19(28-2)21(17)29-3)13-20-22(26)24(23(27)30-20)14-18(25)16-9-6-5-7-10-16/h4-7,9-13H,1,8,14H2,2-3H3/b20-13-. The number of ether oxygens (including phenoxy) is 2. The van der Waals surface area contributed by atoms with Gasteiger partial charge in [0.1, 0.15) is 0 Å². The Morgan fingerprint density at radius 3 is 2.50 bits per heavy atom. The summed E-state index contributed by atoms with van der Waals surface area (Å²) in [6, 6.07) is 12.2. The Morgan fingerprint density at radius 1 is 1.13 bits per heavy atom. The molecule has 0 atom stereocenters. The summed E-state index contributed by atoms with van der Waals surface area (Å²) in [5, 5.41) is -0.470. The second-order valence-corrected chi connectivity index (χ2v) is 7.46. The lowest BCUT2D eigenvalue weighted by Gasteiger charge is -2.13. The zero-order valence-electron chi connectivity index (χ0n) is 16.7. The molecule has 1 heterocycles. The van der Waals surface area contributed by atoms with Crippen LogP contribution in [0.4, 0.5) is 4.79 Å². The fraction of sp³-hybridized carbons (Fsp3) is 0.174. The maximum atomic E-state index is 12.8. The number of ketones is 1. The van der Waals surface area contributed by atoms with E-state index in [4.69, 9.17) is 9.47 Å². The number of carbonyl (C=O) groups excluding carboxylic acids is 3. The number of imide groups is 1. The minimum absolute atomic E-state index is 0.248. The zero-order chi connectivity index (χ0) is 21.7. The molecular weight excluding hydrogens is 402 g/mol. The minimum Gasteiger partial charge on any atom is -0.493 e. The Balaban J connectivity index is 1.87. The summed E-state index contributed by atoms with van der Waals surface area (Å²) < 4.78 is 10.8. The van der Waals surface area contributed by atoms with Gasteiger partial charge in [0.25, 0.3) is 11.1 Å². The van der Waals surface area contributed by atoms with Crippen molar-refractivity contribution in [2.45, 2.75) is 6.42 Å². The number of carbonyl (C=O) groups is 3. The molecule has 0 aliphatic carbocycles. The van der Waals surface area contributed by atoms with Crippen LogP contribution in [0.3, 0.4) is 0 Å². The number of Topliss-reactive ketones (excluding diaryl/α,β-unsaturated/α-hetero) is 1. The van der Waals surface area contributed by atoms with Crippen molar-refractivity contribution in [1.29, 1.82) is 0 Å². The normalized spacial score (nSPS) is 14.9. The van der Waals surface area contributed by atoms with Crippen molar-refractivity contribution in [2.24, 2.45) is 0 Å². The van der Waals surface area contributed by atoms with E-state index in [0.29, 0.717) is 29.0 Å². The first-order chi connectivity index (χ1) is 14.5. The lowest BCUT2D eigenvalue weighted by atomic mass is 10.0. The fourth-order valence-corrected chi connectivity index (χ4v) is 3.94. The Labute approximate surface area is 179 Å². The first-order valence-corrected chi connectivity index (χ1v) is 9.99. The molecule has 2 amide bonds. The predicted octanol–water partition coefficient (Wildman–Crippen LogP) is 4.35. The van der Waals surface area contributed by atoms with E-state index < -0.39 is 11.1 Å². The van der Waals surface area contributed by atoms with Gasteiger partial charge in [0, 0.05) is 11.1 Å². The smallest absolute Gasteiger partial charge is 0.293 e. The molecule has 3 rings (SSSR count). The number of amides is 2. The summed E-state index contributed by atoms with van der Waals surface area (Å²) in [5.74, 6) is 0.325. The van der Waals surface area contributed by atoms with Crippen LogP contribution in [-0.4, -0.2) is 42.6 Å². The van der Waals surface area contributed by atoms with Gasteiger partial charge < -0.3 is 9.47 Å². The summed E-state index contributed by atoms with van der Waals surface area (Å²) in [6.07, 6.45) is 3.91. The molecule has 0 radical (unpaired) electrons. The second-order valence-electron chi connectivity index (χ2n) is 6.47. The van der Waals surface area contributed by atoms with Gasteiger partial charge in [0.2, 0.25) is 0 Å². The second kappa shape index (κ2) is 9.45. The van der Waals surface area contributed by atoms with Gasteiger partial charge in [-0.15, -0.1) is 6.58 Å². The van der Waals surface area contributed by atoms with Crippen LogP contribution >= 0.6 is 11.8 Å². The molecule has 0 N–H and O–H groups in total. The maximum Gasteiger partial charge on any atom is 0.293 e. The van der Waals surface area contributed by atoms with Gasteiger partial charge in [-0.25, -0.2) is 0 Å². The average molecular weight is 423 g/mol. The van der Waals surface area contributed by atoms with Crippen molar-refractivity contribution in [3.8, 4) is 11.5 Å². The molecule has 1 aliphatic heterocycles. The number of benzene rings is 2.